The Morgan fingerprint density at radius 1 is 1.14 bits per heavy atom. The number of sulfonamides is 1. The van der Waals surface area contributed by atoms with Crippen LogP contribution in [0.1, 0.15) is 25.8 Å². The molecule has 2 aromatic rings. The topological polar surface area (TPSA) is 128 Å². The maximum Gasteiger partial charge on any atom is 0.407 e. The smallest absolute Gasteiger partial charge is 0.407 e. The molecule has 0 spiro atoms. The van der Waals surface area contributed by atoms with Gasteiger partial charge in [-0.2, -0.15) is 4.31 Å². The summed E-state index contributed by atoms with van der Waals surface area (Å²) < 4.78 is 33.4. The van der Waals surface area contributed by atoms with Gasteiger partial charge in [0.1, 0.15) is 11.9 Å². The van der Waals surface area contributed by atoms with Crippen molar-refractivity contribution in [1.29, 1.82) is 0 Å². The predicted molar refractivity (Wildman–Crippen MR) is 133 cm³/mol. The molecule has 0 radical (unpaired) electrons. The number of aromatic hydroxyl groups is 1. The zero-order valence-electron chi connectivity index (χ0n) is 20.1. The van der Waals surface area contributed by atoms with E-state index in [1.807, 2.05) is 44.2 Å². The number of phenolic OH excluding ortho intramolecular Hbond substituents is 1. The second-order valence-electron chi connectivity index (χ2n) is 9.24. The van der Waals surface area contributed by atoms with Gasteiger partial charge in [-0.1, -0.05) is 44.2 Å². The summed E-state index contributed by atoms with van der Waals surface area (Å²) in [5, 5.41) is 26.6. The van der Waals surface area contributed by atoms with Gasteiger partial charge < -0.3 is 25.6 Å². The molecule has 1 aliphatic heterocycles. The van der Waals surface area contributed by atoms with E-state index in [1.54, 1.807) is 0 Å². The number of nitrogens with zero attached hydrogens (tertiary/aromatic N) is 1. The molecule has 0 saturated carbocycles. The summed E-state index contributed by atoms with van der Waals surface area (Å²) in [6, 6.07) is 13.9. The number of rotatable bonds is 11. The number of aliphatic hydroxyl groups is 1. The molecule has 1 heterocycles. The zero-order valence-corrected chi connectivity index (χ0v) is 20.9. The molecule has 1 saturated heterocycles. The fourth-order valence-electron chi connectivity index (χ4n) is 4.00. The summed E-state index contributed by atoms with van der Waals surface area (Å²) in [6.07, 6.45) is -1.07. The summed E-state index contributed by atoms with van der Waals surface area (Å²) in [5.74, 6) is -0.0445. The first-order valence-electron chi connectivity index (χ1n) is 11.8. The molecule has 0 aliphatic carbocycles. The molecule has 35 heavy (non-hydrogen) atoms. The van der Waals surface area contributed by atoms with Crippen molar-refractivity contribution < 1.29 is 28.2 Å². The highest BCUT2D eigenvalue weighted by atomic mass is 32.2. The Hall–Kier alpha value is -2.66. The van der Waals surface area contributed by atoms with Crippen molar-refractivity contribution in [2.24, 2.45) is 5.92 Å². The minimum atomic E-state index is -3.95. The number of amides is 1. The normalized spacial score (nSPS) is 17.9. The van der Waals surface area contributed by atoms with E-state index in [1.165, 1.54) is 28.6 Å². The molecular formula is C25H35N3O6S. The molecule has 4 N–H and O–H groups in total. The van der Waals surface area contributed by atoms with Crippen LogP contribution in [0.3, 0.4) is 0 Å². The number of phenols is 1. The van der Waals surface area contributed by atoms with Crippen LogP contribution in [-0.4, -0.2) is 73.5 Å². The molecular weight excluding hydrogens is 470 g/mol. The highest BCUT2D eigenvalue weighted by molar-refractivity contribution is 7.89. The zero-order chi connectivity index (χ0) is 25.4. The number of aliphatic hydroxyl groups excluding tert-OH is 1. The van der Waals surface area contributed by atoms with Crippen LogP contribution in [0, 0.1) is 5.92 Å². The molecule has 0 bridgehead atoms. The number of hydrogen-bond acceptors (Lipinski definition) is 7. The van der Waals surface area contributed by atoms with Gasteiger partial charge >= 0.3 is 6.09 Å². The van der Waals surface area contributed by atoms with Gasteiger partial charge in [0.2, 0.25) is 10.0 Å². The van der Waals surface area contributed by atoms with Crippen molar-refractivity contribution in [3.05, 3.63) is 60.2 Å². The van der Waals surface area contributed by atoms with E-state index in [9.17, 15) is 23.4 Å². The van der Waals surface area contributed by atoms with Crippen molar-refractivity contribution in [3.8, 4) is 5.75 Å². The fraction of sp³-hybridized carbons (Fsp3) is 0.480. The largest absolute Gasteiger partial charge is 0.508 e. The van der Waals surface area contributed by atoms with Crippen molar-refractivity contribution in [1.82, 2.24) is 14.9 Å². The van der Waals surface area contributed by atoms with Gasteiger partial charge in [0.15, 0.2) is 0 Å². The van der Waals surface area contributed by atoms with Crippen LogP contribution in [0.5, 0.6) is 5.75 Å². The Balaban J connectivity index is 1.80. The van der Waals surface area contributed by atoms with Gasteiger partial charge in [-0.3, -0.25) is 0 Å². The van der Waals surface area contributed by atoms with Crippen molar-refractivity contribution in [3.63, 3.8) is 0 Å². The first-order chi connectivity index (χ1) is 16.6. The van der Waals surface area contributed by atoms with E-state index in [0.29, 0.717) is 19.4 Å². The quantitative estimate of drug-likeness (QED) is 0.368. The van der Waals surface area contributed by atoms with Crippen LogP contribution in [0.15, 0.2) is 59.5 Å². The van der Waals surface area contributed by atoms with E-state index in [0.717, 1.165) is 12.1 Å². The minimum absolute atomic E-state index is 0.00513. The number of alkyl carbamates (subject to hydrolysis) is 1. The molecule has 3 atom stereocenters. The first kappa shape index (κ1) is 26.9. The molecule has 1 amide bonds. The molecule has 2 aromatic carbocycles. The molecule has 0 unspecified atom stereocenters. The van der Waals surface area contributed by atoms with Crippen molar-refractivity contribution in [2.75, 3.05) is 26.2 Å². The van der Waals surface area contributed by atoms with Crippen LogP contribution in [-0.2, 0) is 21.2 Å². The summed E-state index contributed by atoms with van der Waals surface area (Å²) in [6.45, 7) is 5.08. The standard InChI is InChI=1S/C25H35N3O6S/c1-18(2)16-28(35(32,33)22-10-8-20(29)9-11-22)17-24(30)23(14-19-6-4-3-5-7-19)27-25(31)34-21-12-13-26-15-21/h3-11,18,21,23-24,26,29-30H,12-17H2,1-2H3,(H,27,31)/t21-,23-,24+/m0/s1. The first-order valence-corrected chi connectivity index (χ1v) is 13.3. The van der Waals surface area contributed by atoms with E-state index in [-0.39, 0.29) is 35.8 Å². The third kappa shape index (κ3) is 7.93. The molecule has 192 valence electrons. The number of carbonyl (C=O) groups excluding carboxylic acids is 1. The molecule has 0 aromatic heterocycles. The Bertz CT molecular complexity index is 1040. The Labute approximate surface area is 207 Å². The molecule has 1 aliphatic rings. The SMILES string of the molecule is CC(C)CN(C[C@@H](O)[C@H](Cc1ccccc1)NC(=O)O[C@H]1CCNC1)S(=O)(=O)c1ccc(O)cc1. The number of hydrogen-bond donors (Lipinski definition) is 4. The third-order valence-corrected chi connectivity index (χ3v) is 7.63. The van der Waals surface area contributed by atoms with E-state index in [4.69, 9.17) is 4.74 Å². The van der Waals surface area contributed by atoms with Crippen LogP contribution < -0.4 is 10.6 Å². The monoisotopic (exact) mass is 505 g/mol. The molecule has 1 fully saturated rings. The van der Waals surface area contributed by atoms with Crippen LogP contribution in [0.4, 0.5) is 4.79 Å². The van der Waals surface area contributed by atoms with Crippen LogP contribution in [0.25, 0.3) is 0 Å². The number of nitrogens with one attached hydrogen (secondary N) is 2. The number of benzene rings is 2. The second-order valence-corrected chi connectivity index (χ2v) is 11.2. The highest BCUT2D eigenvalue weighted by Gasteiger charge is 2.32. The molecule has 10 heteroatoms. The van der Waals surface area contributed by atoms with Gasteiger partial charge in [-0.15, -0.1) is 0 Å². The average Bonchev–Trinajstić information content (AvgIpc) is 3.31. The van der Waals surface area contributed by atoms with E-state index < -0.39 is 28.3 Å². The maximum atomic E-state index is 13.4. The summed E-state index contributed by atoms with van der Waals surface area (Å²) in [7, 11) is -3.95. The van der Waals surface area contributed by atoms with Crippen LogP contribution >= 0.6 is 0 Å². The van der Waals surface area contributed by atoms with Gasteiger partial charge in [0, 0.05) is 19.6 Å². The molecule has 9 nitrogen and oxygen atoms in total. The van der Waals surface area contributed by atoms with E-state index >= 15 is 0 Å². The summed E-state index contributed by atoms with van der Waals surface area (Å²) in [5.41, 5.74) is 0.885. The molecule has 3 rings (SSSR count). The highest BCUT2D eigenvalue weighted by Crippen LogP contribution is 2.21. The predicted octanol–water partition coefficient (Wildman–Crippen LogP) is 2.10. The summed E-state index contributed by atoms with van der Waals surface area (Å²) in [4.78, 5) is 12.6. The Morgan fingerprint density at radius 3 is 2.43 bits per heavy atom. The third-order valence-electron chi connectivity index (χ3n) is 5.79. The average molecular weight is 506 g/mol. The maximum absolute atomic E-state index is 13.4. The lowest BCUT2D eigenvalue weighted by Gasteiger charge is -2.30. The van der Waals surface area contributed by atoms with Gasteiger partial charge in [0.05, 0.1) is 17.0 Å². The number of carbonyl (C=O) groups is 1. The second kappa shape index (κ2) is 12.3. The van der Waals surface area contributed by atoms with Gasteiger partial charge in [-0.05, 0) is 55.1 Å². The van der Waals surface area contributed by atoms with E-state index in [2.05, 4.69) is 10.6 Å². The Kier molecular flexibility index (Phi) is 9.50. The lowest BCUT2D eigenvalue weighted by Crippen LogP contribution is -2.51. The summed E-state index contributed by atoms with van der Waals surface area (Å²) >= 11 is 0. The Morgan fingerprint density at radius 2 is 1.83 bits per heavy atom. The van der Waals surface area contributed by atoms with Gasteiger partial charge in [0.25, 0.3) is 0 Å². The number of ether oxygens (including phenoxy) is 1. The van der Waals surface area contributed by atoms with Gasteiger partial charge in [-0.25, -0.2) is 13.2 Å². The minimum Gasteiger partial charge on any atom is -0.508 e. The van der Waals surface area contributed by atoms with Crippen molar-refractivity contribution >= 4 is 16.1 Å². The lowest BCUT2D eigenvalue weighted by atomic mass is 10.0. The van der Waals surface area contributed by atoms with Crippen LogP contribution in [0.2, 0.25) is 0 Å². The fourth-order valence-corrected chi connectivity index (χ4v) is 5.62. The lowest BCUT2D eigenvalue weighted by molar-refractivity contribution is 0.0756. The van der Waals surface area contributed by atoms with Crippen molar-refractivity contribution in [2.45, 2.75) is 49.8 Å².